The molecule has 0 unspecified atom stereocenters. The first-order valence-electron chi connectivity index (χ1n) is 8.46. The summed E-state index contributed by atoms with van der Waals surface area (Å²) in [6.07, 6.45) is 1.02. The van der Waals surface area contributed by atoms with Gasteiger partial charge in [-0.1, -0.05) is 36.4 Å². The van der Waals surface area contributed by atoms with E-state index in [2.05, 4.69) is 52.0 Å². The standard InChI is InChI=1S/C20H23BrN2O/c1-16-7-2-3-8-17(16)15-22-11-6-12-23(14-13-22)20(24)18-9-4-5-10-19(18)21/h2-5,7-10H,6,11-15H2,1H3. The Kier molecular flexibility index (Phi) is 5.69. The van der Waals surface area contributed by atoms with E-state index in [1.54, 1.807) is 0 Å². The third-order valence-electron chi connectivity index (χ3n) is 4.64. The van der Waals surface area contributed by atoms with Crippen molar-refractivity contribution in [3.05, 3.63) is 69.7 Å². The molecule has 0 saturated carbocycles. The molecule has 1 aliphatic rings. The van der Waals surface area contributed by atoms with E-state index in [1.807, 2.05) is 29.2 Å². The maximum absolute atomic E-state index is 12.8. The number of nitrogens with zero attached hydrogens (tertiary/aromatic N) is 2. The molecular formula is C20H23BrN2O. The topological polar surface area (TPSA) is 23.6 Å². The highest BCUT2D eigenvalue weighted by Crippen LogP contribution is 2.19. The molecule has 2 aromatic carbocycles. The number of benzene rings is 2. The highest BCUT2D eigenvalue weighted by molar-refractivity contribution is 9.10. The van der Waals surface area contributed by atoms with Crippen molar-refractivity contribution < 1.29 is 4.79 Å². The summed E-state index contributed by atoms with van der Waals surface area (Å²) < 4.78 is 0.871. The van der Waals surface area contributed by atoms with Crippen LogP contribution >= 0.6 is 15.9 Å². The number of amides is 1. The Labute approximate surface area is 152 Å². The van der Waals surface area contributed by atoms with Crippen LogP contribution in [0.2, 0.25) is 0 Å². The zero-order chi connectivity index (χ0) is 16.9. The van der Waals surface area contributed by atoms with Gasteiger partial charge < -0.3 is 4.90 Å². The molecule has 3 rings (SSSR count). The number of carbonyl (C=O) groups excluding carboxylic acids is 1. The van der Waals surface area contributed by atoms with Crippen molar-refractivity contribution in [3.8, 4) is 0 Å². The van der Waals surface area contributed by atoms with Crippen molar-refractivity contribution in [3.63, 3.8) is 0 Å². The maximum Gasteiger partial charge on any atom is 0.255 e. The molecule has 0 radical (unpaired) electrons. The largest absolute Gasteiger partial charge is 0.337 e. The Morgan fingerprint density at radius 3 is 2.54 bits per heavy atom. The molecule has 4 heteroatoms. The number of halogens is 1. The summed E-state index contributed by atoms with van der Waals surface area (Å²) in [5.74, 6) is 0.125. The molecule has 1 amide bonds. The summed E-state index contributed by atoms with van der Waals surface area (Å²) >= 11 is 3.49. The van der Waals surface area contributed by atoms with Crippen LogP contribution in [0.4, 0.5) is 0 Å². The second-order valence-corrected chi connectivity index (χ2v) is 7.18. The SMILES string of the molecule is Cc1ccccc1CN1CCCN(C(=O)c2ccccc2Br)CC1. The van der Waals surface area contributed by atoms with Crippen LogP contribution in [0.15, 0.2) is 53.0 Å². The Balaban J connectivity index is 1.64. The van der Waals surface area contributed by atoms with Gasteiger partial charge in [-0.25, -0.2) is 0 Å². The molecule has 24 heavy (non-hydrogen) atoms. The van der Waals surface area contributed by atoms with Crippen LogP contribution in [-0.4, -0.2) is 41.9 Å². The fourth-order valence-electron chi connectivity index (χ4n) is 3.17. The van der Waals surface area contributed by atoms with Crippen LogP contribution in [0.3, 0.4) is 0 Å². The van der Waals surface area contributed by atoms with E-state index >= 15 is 0 Å². The summed E-state index contributed by atoms with van der Waals surface area (Å²) in [4.78, 5) is 17.2. The van der Waals surface area contributed by atoms with Gasteiger partial charge in [-0.05, 0) is 52.5 Å². The van der Waals surface area contributed by atoms with E-state index in [4.69, 9.17) is 0 Å². The van der Waals surface area contributed by atoms with E-state index < -0.39 is 0 Å². The van der Waals surface area contributed by atoms with Gasteiger partial charge in [0.05, 0.1) is 5.56 Å². The fraction of sp³-hybridized carbons (Fsp3) is 0.350. The van der Waals surface area contributed by atoms with Crippen molar-refractivity contribution in [2.75, 3.05) is 26.2 Å². The van der Waals surface area contributed by atoms with Crippen LogP contribution in [0.5, 0.6) is 0 Å². The van der Waals surface area contributed by atoms with Crippen molar-refractivity contribution >= 4 is 21.8 Å². The Hall–Kier alpha value is -1.65. The van der Waals surface area contributed by atoms with Gasteiger partial charge in [0, 0.05) is 37.2 Å². The first-order chi connectivity index (χ1) is 11.6. The van der Waals surface area contributed by atoms with Gasteiger partial charge in [0.1, 0.15) is 0 Å². The zero-order valence-corrected chi connectivity index (χ0v) is 15.6. The third-order valence-corrected chi connectivity index (χ3v) is 5.33. The molecule has 0 N–H and O–H groups in total. The highest BCUT2D eigenvalue weighted by Gasteiger charge is 2.21. The average molecular weight is 387 g/mol. The molecule has 1 saturated heterocycles. The van der Waals surface area contributed by atoms with Crippen LogP contribution in [-0.2, 0) is 6.54 Å². The summed E-state index contributed by atoms with van der Waals surface area (Å²) in [5.41, 5.74) is 3.47. The maximum atomic E-state index is 12.8. The lowest BCUT2D eigenvalue weighted by molar-refractivity contribution is 0.0760. The first kappa shape index (κ1) is 17.2. The monoisotopic (exact) mass is 386 g/mol. The fourth-order valence-corrected chi connectivity index (χ4v) is 3.62. The lowest BCUT2D eigenvalue weighted by Crippen LogP contribution is -2.35. The molecule has 0 atom stereocenters. The van der Waals surface area contributed by atoms with E-state index in [1.165, 1.54) is 11.1 Å². The van der Waals surface area contributed by atoms with Gasteiger partial charge in [-0.15, -0.1) is 0 Å². The lowest BCUT2D eigenvalue weighted by Gasteiger charge is -2.23. The smallest absolute Gasteiger partial charge is 0.255 e. The van der Waals surface area contributed by atoms with E-state index in [0.717, 1.165) is 49.2 Å². The normalized spacial score (nSPS) is 16.0. The van der Waals surface area contributed by atoms with Gasteiger partial charge in [-0.3, -0.25) is 9.69 Å². The zero-order valence-electron chi connectivity index (χ0n) is 14.0. The molecule has 1 heterocycles. The molecule has 3 nitrogen and oxygen atoms in total. The second kappa shape index (κ2) is 7.95. The second-order valence-electron chi connectivity index (χ2n) is 6.33. The molecule has 2 aromatic rings. The molecule has 0 bridgehead atoms. The first-order valence-corrected chi connectivity index (χ1v) is 9.25. The van der Waals surface area contributed by atoms with Crippen molar-refractivity contribution in [1.82, 2.24) is 9.80 Å². The molecule has 1 aliphatic heterocycles. The summed E-state index contributed by atoms with van der Waals surface area (Å²) in [6, 6.07) is 16.2. The summed E-state index contributed by atoms with van der Waals surface area (Å²) in [6.45, 7) is 6.69. The van der Waals surface area contributed by atoms with Crippen molar-refractivity contribution in [1.29, 1.82) is 0 Å². The summed E-state index contributed by atoms with van der Waals surface area (Å²) in [5, 5.41) is 0. The minimum Gasteiger partial charge on any atom is -0.337 e. The van der Waals surface area contributed by atoms with Gasteiger partial charge in [0.2, 0.25) is 0 Å². The molecule has 0 spiro atoms. The van der Waals surface area contributed by atoms with Gasteiger partial charge in [0.25, 0.3) is 5.91 Å². The quantitative estimate of drug-likeness (QED) is 0.792. The van der Waals surface area contributed by atoms with Gasteiger partial charge in [-0.2, -0.15) is 0 Å². The van der Waals surface area contributed by atoms with Crippen molar-refractivity contribution in [2.45, 2.75) is 19.9 Å². The molecule has 126 valence electrons. The van der Waals surface area contributed by atoms with Gasteiger partial charge >= 0.3 is 0 Å². The predicted octanol–water partition coefficient (Wildman–Crippen LogP) is 4.11. The van der Waals surface area contributed by atoms with Crippen LogP contribution in [0.1, 0.15) is 27.9 Å². The molecule has 0 aromatic heterocycles. The third kappa shape index (κ3) is 4.05. The Morgan fingerprint density at radius 2 is 1.75 bits per heavy atom. The minimum atomic E-state index is 0.125. The lowest BCUT2D eigenvalue weighted by atomic mass is 10.1. The van der Waals surface area contributed by atoms with Gasteiger partial charge in [0.15, 0.2) is 0 Å². The highest BCUT2D eigenvalue weighted by atomic mass is 79.9. The number of carbonyl (C=O) groups is 1. The van der Waals surface area contributed by atoms with Crippen LogP contribution < -0.4 is 0 Å². The van der Waals surface area contributed by atoms with E-state index in [9.17, 15) is 4.79 Å². The number of hydrogen-bond donors (Lipinski definition) is 0. The molecule has 1 fully saturated rings. The van der Waals surface area contributed by atoms with E-state index in [-0.39, 0.29) is 5.91 Å². The Morgan fingerprint density at radius 1 is 1.00 bits per heavy atom. The van der Waals surface area contributed by atoms with Crippen molar-refractivity contribution in [2.24, 2.45) is 0 Å². The minimum absolute atomic E-state index is 0.125. The number of rotatable bonds is 3. The Bertz CT molecular complexity index is 716. The predicted molar refractivity (Wildman–Crippen MR) is 101 cm³/mol. The van der Waals surface area contributed by atoms with E-state index in [0.29, 0.717) is 0 Å². The van der Waals surface area contributed by atoms with Crippen LogP contribution in [0.25, 0.3) is 0 Å². The summed E-state index contributed by atoms with van der Waals surface area (Å²) in [7, 11) is 0. The molecular weight excluding hydrogens is 364 g/mol. The van der Waals surface area contributed by atoms with Crippen LogP contribution in [0, 0.1) is 6.92 Å². The number of aryl methyl sites for hydroxylation is 1. The average Bonchev–Trinajstić information content (AvgIpc) is 2.82. The molecule has 0 aliphatic carbocycles. The number of hydrogen-bond acceptors (Lipinski definition) is 2.